The molecule has 0 amide bonds. The molecule has 112 valence electrons. The van der Waals surface area contributed by atoms with E-state index in [1.165, 1.54) is 0 Å². The van der Waals surface area contributed by atoms with Gasteiger partial charge in [-0.15, -0.1) is 0 Å². The standard InChI is InChI=1S/C16H26N2O2/c1-3-11-20-14-5-4-10-17-15(14)18-12-16(19)8-6-13(2)7-9-16/h4-5,10,13,19H,3,6-9,11-12H2,1-2H3,(H,17,18). The van der Waals surface area contributed by atoms with Crippen molar-refractivity contribution in [2.24, 2.45) is 5.92 Å². The third-order valence-electron chi connectivity index (χ3n) is 4.02. The largest absolute Gasteiger partial charge is 0.490 e. The summed E-state index contributed by atoms with van der Waals surface area (Å²) in [6.45, 7) is 5.55. The predicted molar refractivity (Wildman–Crippen MR) is 81.1 cm³/mol. The van der Waals surface area contributed by atoms with Crippen molar-refractivity contribution in [1.29, 1.82) is 0 Å². The summed E-state index contributed by atoms with van der Waals surface area (Å²) >= 11 is 0. The maximum atomic E-state index is 10.6. The van der Waals surface area contributed by atoms with Gasteiger partial charge >= 0.3 is 0 Å². The van der Waals surface area contributed by atoms with Gasteiger partial charge in [-0.3, -0.25) is 0 Å². The first-order chi connectivity index (χ1) is 9.63. The Morgan fingerprint density at radius 2 is 2.20 bits per heavy atom. The van der Waals surface area contributed by atoms with E-state index in [4.69, 9.17) is 4.74 Å². The molecule has 0 aromatic carbocycles. The molecule has 0 atom stereocenters. The number of hydrogen-bond acceptors (Lipinski definition) is 4. The van der Waals surface area contributed by atoms with Gasteiger partial charge < -0.3 is 15.2 Å². The smallest absolute Gasteiger partial charge is 0.168 e. The van der Waals surface area contributed by atoms with Gasteiger partial charge in [0.05, 0.1) is 12.2 Å². The Kier molecular flexibility index (Phi) is 5.24. The number of pyridine rings is 1. The first kappa shape index (κ1) is 15.1. The highest BCUT2D eigenvalue weighted by Crippen LogP contribution is 2.32. The Balaban J connectivity index is 1.93. The van der Waals surface area contributed by atoms with Crippen molar-refractivity contribution in [2.75, 3.05) is 18.5 Å². The van der Waals surface area contributed by atoms with E-state index < -0.39 is 5.60 Å². The van der Waals surface area contributed by atoms with Crippen LogP contribution in [0.1, 0.15) is 46.0 Å². The van der Waals surface area contributed by atoms with Crippen molar-refractivity contribution in [3.8, 4) is 5.75 Å². The van der Waals surface area contributed by atoms with E-state index in [1.807, 2.05) is 12.1 Å². The van der Waals surface area contributed by atoms with Gasteiger partial charge in [0.25, 0.3) is 0 Å². The fraction of sp³-hybridized carbons (Fsp3) is 0.688. The molecule has 4 nitrogen and oxygen atoms in total. The van der Waals surface area contributed by atoms with E-state index in [1.54, 1.807) is 6.20 Å². The normalized spacial score (nSPS) is 26.2. The van der Waals surface area contributed by atoms with Gasteiger partial charge in [-0.2, -0.15) is 0 Å². The number of aromatic nitrogens is 1. The summed E-state index contributed by atoms with van der Waals surface area (Å²) in [5.41, 5.74) is -0.605. The molecular formula is C16H26N2O2. The average Bonchev–Trinajstić information content (AvgIpc) is 2.47. The third-order valence-corrected chi connectivity index (χ3v) is 4.02. The molecule has 20 heavy (non-hydrogen) atoms. The van der Waals surface area contributed by atoms with Crippen LogP contribution >= 0.6 is 0 Å². The maximum Gasteiger partial charge on any atom is 0.168 e. The van der Waals surface area contributed by atoms with Crippen molar-refractivity contribution in [2.45, 2.75) is 51.6 Å². The van der Waals surface area contributed by atoms with Crippen LogP contribution in [0, 0.1) is 5.92 Å². The lowest BCUT2D eigenvalue weighted by Crippen LogP contribution is -2.40. The second-order valence-electron chi connectivity index (χ2n) is 5.96. The second kappa shape index (κ2) is 6.93. The predicted octanol–water partition coefficient (Wildman–Crippen LogP) is 3.22. The molecule has 1 saturated carbocycles. The summed E-state index contributed by atoms with van der Waals surface area (Å²) in [4.78, 5) is 4.31. The summed E-state index contributed by atoms with van der Waals surface area (Å²) in [5, 5.41) is 13.8. The fourth-order valence-electron chi connectivity index (χ4n) is 2.58. The summed E-state index contributed by atoms with van der Waals surface area (Å²) in [6.07, 6.45) is 6.63. The van der Waals surface area contributed by atoms with Gasteiger partial charge in [0, 0.05) is 12.7 Å². The number of aliphatic hydroxyl groups is 1. The highest BCUT2D eigenvalue weighted by molar-refractivity contribution is 5.49. The molecule has 1 aromatic heterocycles. The molecule has 0 saturated heterocycles. The molecule has 1 aliphatic carbocycles. The first-order valence-electron chi connectivity index (χ1n) is 7.67. The van der Waals surface area contributed by atoms with Crippen LogP contribution in [0.4, 0.5) is 5.82 Å². The number of hydrogen-bond donors (Lipinski definition) is 2. The minimum Gasteiger partial charge on any atom is -0.490 e. The van der Waals surface area contributed by atoms with E-state index in [-0.39, 0.29) is 0 Å². The van der Waals surface area contributed by atoms with Crippen LogP contribution in [0.3, 0.4) is 0 Å². The zero-order valence-electron chi connectivity index (χ0n) is 12.6. The van der Waals surface area contributed by atoms with Gasteiger partial charge in [-0.1, -0.05) is 13.8 Å². The molecule has 0 bridgehead atoms. The van der Waals surface area contributed by atoms with Crippen molar-refractivity contribution in [3.63, 3.8) is 0 Å². The summed E-state index contributed by atoms with van der Waals surface area (Å²) in [5.74, 6) is 2.23. The van der Waals surface area contributed by atoms with Gasteiger partial charge in [0.1, 0.15) is 0 Å². The molecule has 0 spiro atoms. The molecule has 1 aromatic rings. The fourth-order valence-corrected chi connectivity index (χ4v) is 2.58. The molecule has 4 heteroatoms. The molecule has 0 unspecified atom stereocenters. The van der Waals surface area contributed by atoms with E-state index >= 15 is 0 Å². The summed E-state index contributed by atoms with van der Waals surface area (Å²) in [6, 6.07) is 3.78. The summed E-state index contributed by atoms with van der Waals surface area (Å²) < 4.78 is 5.67. The van der Waals surface area contributed by atoms with E-state index in [0.29, 0.717) is 13.2 Å². The Morgan fingerprint density at radius 1 is 1.45 bits per heavy atom. The highest BCUT2D eigenvalue weighted by atomic mass is 16.5. The number of ether oxygens (including phenoxy) is 1. The van der Waals surface area contributed by atoms with E-state index in [0.717, 1.165) is 49.6 Å². The Bertz CT molecular complexity index is 415. The Labute approximate surface area is 121 Å². The zero-order valence-corrected chi connectivity index (χ0v) is 12.6. The van der Waals surface area contributed by atoms with Gasteiger partial charge in [-0.25, -0.2) is 4.98 Å². The van der Waals surface area contributed by atoms with Crippen molar-refractivity contribution in [1.82, 2.24) is 4.98 Å². The van der Waals surface area contributed by atoms with Crippen LogP contribution in [0.2, 0.25) is 0 Å². The van der Waals surface area contributed by atoms with Crippen molar-refractivity contribution < 1.29 is 9.84 Å². The molecular weight excluding hydrogens is 252 g/mol. The molecule has 0 radical (unpaired) electrons. The van der Waals surface area contributed by atoms with E-state index in [2.05, 4.69) is 24.1 Å². The molecule has 2 rings (SSSR count). The third kappa shape index (κ3) is 4.10. The van der Waals surface area contributed by atoms with Gasteiger partial charge in [0.15, 0.2) is 11.6 Å². The topological polar surface area (TPSA) is 54.4 Å². The quantitative estimate of drug-likeness (QED) is 0.839. The number of rotatable bonds is 6. The van der Waals surface area contributed by atoms with Gasteiger partial charge in [0.2, 0.25) is 0 Å². The van der Waals surface area contributed by atoms with Crippen LogP contribution in [-0.2, 0) is 0 Å². The zero-order chi connectivity index (χ0) is 14.4. The number of nitrogens with zero attached hydrogens (tertiary/aromatic N) is 1. The van der Waals surface area contributed by atoms with Crippen LogP contribution in [-0.4, -0.2) is 28.8 Å². The molecule has 1 aliphatic rings. The average molecular weight is 278 g/mol. The Morgan fingerprint density at radius 3 is 2.90 bits per heavy atom. The lowest BCUT2D eigenvalue weighted by atomic mass is 9.79. The summed E-state index contributed by atoms with van der Waals surface area (Å²) in [7, 11) is 0. The molecule has 1 fully saturated rings. The molecule has 2 N–H and O–H groups in total. The van der Waals surface area contributed by atoms with Crippen LogP contribution in [0.25, 0.3) is 0 Å². The lowest BCUT2D eigenvalue weighted by Gasteiger charge is -2.35. The number of nitrogens with one attached hydrogen (secondary N) is 1. The molecule has 1 heterocycles. The first-order valence-corrected chi connectivity index (χ1v) is 7.67. The minimum atomic E-state index is -0.605. The Hall–Kier alpha value is -1.29. The van der Waals surface area contributed by atoms with E-state index in [9.17, 15) is 5.11 Å². The maximum absolute atomic E-state index is 10.6. The minimum absolute atomic E-state index is 0.541. The van der Waals surface area contributed by atoms with Crippen LogP contribution < -0.4 is 10.1 Å². The van der Waals surface area contributed by atoms with Crippen LogP contribution in [0.5, 0.6) is 5.75 Å². The van der Waals surface area contributed by atoms with Crippen LogP contribution in [0.15, 0.2) is 18.3 Å². The number of anilines is 1. The molecule has 0 aliphatic heterocycles. The second-order valence-corrected chi connectivity index (χ2v) is 5.96. The van der Waals surface area contributed by atoms with Crippen molar-refractivity contribution in [3.05, 3.63) is 18.3 Å². The van der Waals surface area contributed by atoms with Crippen molar-refractivity contribution >= 4 is 5.82 Å². The highest BCUT2D eigenvalue weighted by Gasteiger charge is 2.31. The SMILES string of the molecule is CCCOc1cccnc1NCC1(O)CCC(C)CC1. The van der Waals surface area contributed by atoms with Gasteiger partial charge in [-0.05, 0) is 50.2 Å². The lowest BCUT2D eigenvalue weighted by molar-refractivity contribution is 0.00491. The monoisotopic (exact) mass is 278 g/mol.